The summed E-state index contributed by atoms with van der Waals surface area (Å²) in [6.07, 6.45) is 6.00. The topological polar surface area (TPSA) is 74.7 Å². The third-order valence-electron chi connectivity index (χ3n) is 5.23. The van der Waals surface area contributed by atoms with Crippen LogP contribution in [0, 0.1) is 11.3 Å². The zero-order valence-corrected chi connectivity index (χ0v) is 15.4. The standard InChI is InChI=1S/C21H23NO4/c1-12(2)14-8-7-9-15(13(3)4)17(14)22-18(23)16-10-5-6-11-21(16,19(22)24)20(25)26/h5-13,16H,1-4H3,(H,25,26). The molecule has 1 N–H and O–H groups in total. The van der Waals surface area contributed by atoms with Gasteiger partial charge in [0.15, 0.2) is 5.41 Å². The Bertz CT molecular complexity index is 823. The molecule has 0 radical (unpaired) electrons. The summed E-state index contributed by atoms with van der Waals surface area (Å²) in [7, 11) is 0. The second-order valence-corrected chi connectivity index (χ2v) is 7.47. The summed E-state index contributed by atoms with van der Waals surface area (Å²) in [5.41, 5.74) is 0.420. The minimum Gasteiger partial charge on any atom is -0.480 e. The molecule has 2 unspecified atom stereocenters. The monoisotopic (exact) mass is 353 g/mol. The van der Waals surface area contributed by atoms with Crippen molar-refractivity contribution in [2.45, 2.75) is 39.5 Å². The van der Waals surface area contributed by atoms with Crippen LogP contribution < -0.4 is 4.90 Å². The first-order valence-corrected chi connectivity index (χ1v) is 8.84. The molecule has 26 heavy (non-hydrogen) atoms. The van der Waals surface area contributed by atoms with Crippen LogP contribution in [0.1, 0.15) is 50.7 Å². The summed E-state index contributed by atoms with van der Waals surface area (Å²) < 4.78 is 0. The Hall–Kier alpha value is -2.69. The Morgan fingerprint density at radius 1 is 1.08 bits per heavy atom. The number of carboxylic acids is 1. The molecule has 1 aromatic carbocycles. The van der Waals surface area contributed by atoms with Crippen LogP contribution in [0.15, 0.2) is 42.5 Å². The molecule has 1 aliphatic carbocycles. The summed E-state index contributed by atoms with van der Waals surface area (Å²) in [4.78, 5) is 39.6. The Morgan fingerprint density at radius 2 is 1.65 bits per heavy atom. The summed E-state index contributed by atoms with van der Waals surface area (Å²) in [5.74, 6) is -3.31. The number of para-hydroxylation sites is 1. The van der Waals surface area contributed by atoms with Crippen LogP contribution in [0.3, 0.4) is 0 Å². The van der Waals surface area contributed by atoms with Crippen molar-refractivity contribution in [2.24, 2.45) is 11.3 Å². The number of allylic oxidation sites excluding steroid dienone is 2. The van der Waals surface area contributed by atoms with E-state index in [2.05, 4.69) is 0 Å². The van der Waals surface area contributed by atoms with E-state index in [9.17, 15) is 19.5 Å². The fourth-order valence-electron chi connectivity index (χ4n) is 3.82. The van der Waals surface area contributed by atoms with E-state index in [-0.39, 0.29) is 11.8 Å². The van der Waals surface area contributed by atoms with Gasteiger partial charge in [-0.2, -0.15) is 0 Å². The number of amides is 2. The zero-order valence-electron chi connectivity index (χ0n) is 15.4. The first-order chi connectivity index (χ1) is 12.2. The molecule has 1 fully saturated rings. The molecular formula is C21H23NO4. The normalized spacial score (nSPS) is 24.7. The van der Waals surface area contributed by atoms with Gasteiger partial charge in [-0.3, -0.25) is 14.4 Å². The van der Waals surface area contributed by atoms with Crippen LogP contribution >= 0.6 is 0 Å². The number of imide groups is 1. The van der Waals surface area contributed by atoms with E-state index in [0.717, 1.165) is 16.0 Å². The molecule has 1 saturated heterocycles. The van der Waals surface area contributed by atoms with E-state index >= 15 is 0 Å². The van der Waals surface area contributed by atoms with Crippen molar-refractivity contribution in [1.82, 2.24) is 0 Å². The number of carbonyl (C=O) groups is 3. The van der Waals surface area contributed by atoms with Crippen molar-refractivity contribution < 1.29 is 19.5 Å². The Kier molecular flexibility index (Phi) is 4.34. The third kappa shape index (κ3) is 2.34. The average molecular weight is 353 g/mol. The highest BCUT2D eigenvalue weighted by atomic mass is 16.4. The quantitative estimate of drug-likeness (QED) is 0.663. The van der Waals surface area contributed by atoms with Gasteiger partial charge in [0.05, 0.1) is 11.6 Å². The van der Waals surface area contributed by atoms with Crippen LogP contribution in [-0.2, 0) is 14.4 Å². The van der Waals surface area contributed by atoms with Crippen molar-refractivity contribution in [3.05, 3.63) is 53.6 Å². The van der Waals surface area contributed by atoms with Gasteiger partial charge in [-0.1, -0.05) is 70.2 Å². The van der Waals surface area contributed by atoms with E-state index in [4.69, 9.17) is 0 Å². The van der Waals surface area contributed by atoms with E-state index in [1.54, 1.807) is 6.08 Å². The minimum atomic E-state index is -1.86. The molecule has 0 aromatic heterocycles. The maximum Gasteiger partial charge on any atom is 0.324 e. The van der Waals surface area contributed by atoms with Crippen molar-refractivity contribution in [1.29, 1.82) is 0 Å². The summed E-state index contributed by atoms with van der Waals surface area (Å²) in [6.45, 7) is 7.98. The number of carboxylic acid groups (broad SMARTS) is 1. The smallest absolute Gasteiger partial charge is 0.324 e. The molecule has 0 saturated carbocycles. The second kappa shape index (κ2) is 6.24. The number of nitrogens with zero attached hydrogens (tertiary/aromatic N) is 1. The summed E-state index contributed by atoms with van der Waals surface area (Å²) >= 11 is 0. The fraction of sp³-hybridized carbons (Fsp3) is 0.381. The highest BCUT2D eigenvalue weighted by Gasteiger charge is 2.63. The highest BCUT2D eigenvalue weighted by molar-refractivity contribution is 6.31. The van der Waals surface area contributed by atoms with Crippen LogP contribution in [-0.4, -0.2) is 22.9 Å². The van der Waals surface area contributed by atoms with E-state index < -0.39 is 29.1 Å². The Balaban J connectivity index is 2.28. The lowest BCUT2D eigenvalue weighted by Gasteiger charge is -2.26. The van der Waals surface area contributed by atoms with Gasteiger partial charge < -0.3 is 5.11 Å². The third-order valence-corrected chi connectivity index (χ3v) is 5.23. The summed E-state index contributed by atoms with van der Waals surface area (Å²) in [6, 6.07) is 5.71. The van der Waals surface area contributed by atoms with E-state index in [0.29, 0.717) is 5.69 Å². The van der Waals surface area contributed by atoms with E-state index in [1.165, 1.54) is 18.2 Å². The first-order valence-electron chi connectivity index (χ1n) is 8.84. The Labute approximate surface area is 153 Å². The van der Waals surface area contributed by atoms with Crippen LogP contribution in [0.2, 0.25) is 0 Å². The van der Waals surface area contributed by atoms with Gasteiger partial charge in [0, 0.05) is 0 Å². The van der Waals surface area contributed by atoms with Gasteiger partial charge in [-0.15, -0.1) is 0 Å². The van der Waals surface area contributed by atoms with Crippen LogP contribution in [0.5, 0.6) is 0 Å². The largest absolute Gasteiger partial charge is 0.480 e. The molecule has 2 aliphatic rings. The van der Waals surface area contributed by atoms with Crippen LogP contribution in [0.4, 0.5) is 5.69 Å². The zero-order chi connectivity index (χ0) is 19.2. The molecule has 3 rings (SSSR count). The molecule has 136 valence electrons. The lowest BCUT2D eigenvalue weighted by atomic mass is 9.74. The van der Waals surface area contributed by atoms with Gasteiger partial charge in [0.25, 0.3) is 5.91 Å². The molecule has 5 nitrogen and oxygen atoms in total. The minimum absolute atomic E-state index is 0.0822. The number of anilines is 1. The number of rotatable bonds is 4. The molecule has 2 amide bonds. The van der Waals surface area contributed by atoms with Gasteiger partial charge in [-0.25, -0.2) is 4.90 Å². The number of aliphatic carboxylic acids is 1. The SMILES string of the molecule is CC(C)c1cccc(C(C)C)c1N1C(=O)C2C=CC=CC2(C(=O)O)C1=O. The van der Waals surface area contributed by atoms with Gasteiger partial charge >= 0.3 is 5.97 Å². The van der Waals surface area contributed by atoms with Gasteiger partial charge in [-0.05, 0) is 23.0 Å². The molecule has 1 aromatic rings. The number of fused-ring (bicyclic) bond motifs is 1. The van der Waals surface area contributed by atoms with Gasteiger partial charge in [0.1, 0.15) is 0 Å². The first kappa shape index (κ1) is 18.1. The number of benzene rings is 1. The average Bonchev–Trinajstić information content (AvgIpc) is 2.83. The fourth-order valence-corrected chi connectivity index (χ4v) is 3.82. The Morgan fingerprint density at radius 3 is 2.12 bits per heavy atom. The molecule has 1 aliphatic heterocycles. The molecule has 1 heterocycles. The predicted octanol–water partition coefficient (Wildman–Crippen LogP) is 3.62. The maximum absolute atomic E-state index is 13.3. The van der Waals surface area contributed by atoms with Gasteiger partial charge in [0.2, 0.25) is 5.91 Å². The van der Waals surface area contributed by atoms with Crippen molar-refractivity contribution in [2.75, 3.05) is 4.90 Å². The molecule has 0 bridgehead atoms. The second-order valence-electron chi connectivity index (χ2n) is 7.47. The number of hydrogen-bond acceptors (Lipinski definition) is 3. The molecule has 5 heteroatoms. The molecular weight excluding hydrogens is 330 g/mol. The number of carbonyl (C=O) groups excluding carboxylic acids is 2. The summed E-state index contributed by atoms with van der Waals surface area (Å²) in [5, 5.41) is 9.82. The molecule has 2 atom stereocenters. The van der Waals surface area contributed by atoms with Crippen LogP contribution in [0.25, 0.3) is 0 Å². The lowest BCUT2D eigenvalue weighted by molar-refractivity contribution is -0.152. The van der Waals surface area contributed by atoms with E-state index in [1.807, 2.05) is 45.9 Å². The lowest BCUT2D eigenvalue weighted by Crippen LogP contribution is -2.42. The maximum atomic E-state index is 13.3. The molecule has 0 spiro atoms. The van der Waals surface area contributed by atoms with Crippen molar-refractivity contribution >= 4 is 23.5 Å². The van der Waals surface area contributed by atoms with Crippen molar-refractivity contribution in [3.63, 3.8) is 0 Å². The highest BCUT2D eigenvalue weighted by Crippen LogP contribution is 2.47. The number of hydrogen-bond donors (Lipinski definition) is 1. The predicted molar refractivity (Wildman–Crippen MR) is 99.0 cm³/mol. The van der Waals surface area contributed by atoms with Crippen molar-refractivity contribution in [3.8, 4) is 0 Å².